The van der Waals surface area contributed by atoms with Crippen LogP contribution in [0.3, 0.4) is 0 Å². The van der Waals surface area contributed by atoms with Gasteiger partial charge in [0.05, 0.1) is 5.92 Å². The Balaban J connectivity index is 2.76. The number of carbonyl (C=O) groups is 2. The smallest absolute Gasteiger partial charge is 0.275 e. The maximum Gasteiger partial charge on any atom is 0.347 e. The molecule has 0 spiro atoms. The molecule has 1 atom stereocenters. The third-order valence-corrected chi connectivity index (χ3v) is 1.47. The fourth-order valence-electron chi connectivity index (χ4n) is 0.652. The fraction of sp³-hybridized carbons (Fsp3) is 0.167. The average molecular weight is 217 g/mol. The van der Waals surface area contributed by atoms with Crippen molar-refractivity contribution in [1.82, 2.24) is 5.32 Å². The SMILES string of the molecule is O=C1N=CC(C=CBr)C(=O)N1. The number of nitrogens with zero attached hydrogens (tertiary/aromatic N) is 1. The molecule has 5 heteroatoms. The van der Waals surface area contributed by atoms with Crippen LogP contribution in [0, 0.1) is 5.92 Å². The second kappa shape index (κ2) is 3.43. The Hall–Kier alpha value is -0.970. The first-order valence-electron chi connectivity index (χ1n) is 2.90. The third kappa shape index (κ3) is 1.98. The molecule has 58 valence electrons. The first-order valence-corrected chi connectivity index (χ1v) is 3.81. The van der Waals surface area contributed by atoms with E-state index < -0.39 is 11.9 Å². The fourth-order valence-corrected chi connectivity index (χ4v) is 0.981. The Morgan fingerprint density at radius 2 is 2.36 bits per heavy atom. The summed E-state index contributed by atoms with van der Waals surface area (Å²) in [6.45, 7) is 0. The van der Waals surface area contributed by atoms with Crippen LogP contribution in [0.4, 0.5) is 4.79 Å². The van der Waals surface area contributed by atoms with Gasteiger partial charge in [-0.25, -0.2) is 9.79 Å². The highest BCUT2D eigenvalue weighted by atomic mass is 79.9. The molecule has 4 nitrogen and oxygen atoms in total. The minimum Gasteiger partial charge on any atom is -0.275 e. The lowest BCUT2D eigenvalue weighted by atomic mass is 10.1. The molecule has 1 aliphatic heterocycles. The lowest BCUT2D eigenvalue weighted by molar-refractivity contribution is -0.120. The molecule has 1 N–H and O–H groups in total. The molecule has 1 aliphatic rings. The predicted molar refractivity (Wildman–Crippen MR) is 43.6 cm³/mol. The van der Waals surface area contributed by atoms with E-state index in [0.29, 0.717) is 0 Å². The lowest BCUT2D eigenvalue weighted by Crippen LogP contribution is -2.37. The quantitative estimate of drug-likeness (QED) is 0.707. The normalized spacial score (nSPS) is 24.3. The van der Waals surface area contributed by atoms with Gasteiger partial charge in [-0.2, -0.15) is 0 Å². The van der Waals surface area contributed by atoms with E-state index in [1.54, 1.807) is 11.1 Å². The van der Waals surface area contributed by atoms with Crippen LogP contribution in [0.2, 0.25) is 0 Å². The summed E-state index contributed by atoms with van der Waals surface area (Å²) in [6.07, 6.45) is 2.89. The zero-order chi connectivity index (χ0) is 8.27. The van der Waals surface area contributed by atoms with Crippen molar-refractivity contribution >= 4 is 34.1 Å². The van der Waals surface area contributed by atoms with Gasteiger partial charge in [0.25, 0.3) is 0 Å². The van der Waals surface area contributed by atoms with Crippen molar-refractivity contribution in [2.24, 2.45) is 10.9 Å². The Labute approximate surface area is 71.5 Å². The van der Waals surface area contributed by atoms with Crippen LogP contribution >= 0.6 is 15.9 Å². The Morgan fingerprint density at radius 1 is 1.64 bits per heavy atom. The number of nitrogens with one attached hydrogen (secondary N) is 1. The van der Waals surface area contributed by atoms with Crippen LogP contribution < -0.4 is 5.32 Å². The molecule has 0 aromatic carbocycles. The van der Waals surface area contributed by atoms with E-state index in [2.05, 4.69) is 26.2 Å². The molecule has 0 aromatic rings. The molecule has 3 amide bonds. The van der Waals surface area contributed by atoms with Gasteiger partial charge in [0, 0.05) is 6.21 Å². The largest absolute Gasteiger partial charge is 0.347 e. The molecule has 0 saturated heterocycles. The van der Waals surface area contributed by atoms with Gasteiger partial charge in [-0.1, -0.05) is 22.0 Å². The lowest BCUT2D eigenvalue weighted by Gasteiger charge is -2.09. The highest BCUT2D eigenvalue weighted by Gasteiger charge is 2.19. The van der Waals surface area contributed by atoms with E-state index in [-0.39, 0.29) is 5.91 Å². The number of carbonyl (C=O) groups excluding carboxylic acids is 2. The van der Waals surface area contributed by atoms with Gasteiger partial charge in [-0.3, -0.25) is 10.1 Å². The van der Waals surface area contributed by atoms with Gasteiger partial charge in [0.1, 0.15) is 0 Å². The van der Waals surface area contributed by atoms with Crippen molar-refractivity contribution in [3.8, 4) is 0 Å². The number of amides is 3. The summed E-state index contributed by atoms with van der Waals surface area (Å²) in [5.74, 6) is -0.784. The number of rotatable bonds is 1. The van der Waals surface area contributed by atoms with Crippen molar-refractivity contribution in [2.45, 2.75) is 0 Å². The number of aliphatic imine (C=N–C) groups is 1. The standard InChI is InChI=1S/C6H5BrN2O2/c7-2-1-4-3-8-6(11)9-5(4)10/h1-4H,(H,9,10,11). The summed E-state index contributed by atoms with van der Waals surface area (Å²) < 4.78 is 0. The van der Waals surface area contributed by atoms with Gasteiger partial charge in [-0.15, -0.1) is 0 Å². The Bertz CT molecular complexity index is 247. The van der Waals surface area contributed by atoms with Crippen molar-refractivity contribution in [2.75, 3.05) is 0 Å². The average Bonchev–Trinajstić information content (AvgIpc) is 1.95. The summed E-state index contributed by atoms with van der Waals surface area (Å²) in [5.41, 5.74) is 0. The van der Waals surface area contributed by atoms with Crippen molar-refractivity contribution in [3.63, 3.8) is 0 Å². The van der Waals surface area contributed by atoms with Crippen molar-refractivity contribution in [3.05, 3.63) is 11.1 Å². The molecule has 0 aromatic heterocycles. The summed E-state index contributed by atoms with van der Waals surface area (Å²) in [7, 11) is 0. The summed E-state index contributed by atoms with van der Waals surface area (Å²) in [5, 5.41) is 2.07. The summed E-state index contributed by atoms with van der Waals surface area (Å²) in [4.78, 5) is 26.3. The monoisotopic (exact) mass is 216 g/mol. The minimum absolute atomic E-state index is 0.347. The van der Waals surface area contributed by atoms with Crippen LogP contribution in [-0.2, 0) is 4.79 Å². The highest BCUT2D eigenvalue weighted by Crippen LogP contribution is 2.02. The molecule has 0 fully saturated rings. The second-order valence-electron chi connectivity index (χ2n) is 1.92. The number of hydrogen-bond acceptors (Lipinski definition) is 2. The number of imide groups is 1. The number of urea groups is 1. The summed E-state index contributed by atoms with van der Waals surface area (Å²) >= 11 is 3.02. The van der Waals surface area contributed by atoms with Crippen LogP contribution in [0.15, 0.2) is 16.1 Å². The molecule has 0 aliphatic carbocycles. The first kappa shape index (κ1) is 8.13. The zero-order valence-electron chi connectivity index (χ0n) is 5.45. The molecule has 1 rings (SSSR count). The first-order chi connectivity index (χ1) is 5.24. The zero-order valence-corrected chi connectivity index (χ0v) is 7.04. The number of halogens is 1. The molecule has 1 unspecified atom stereocenters. The van der Waals surface area contributed by atoms with Crippen LogP contribution in [0.1, 0.15) is 0 Å². The molecule has 0 saturated carbocycles. The van der Waals surface area contributed by atoms with E-state index in [4.69, 9.17) is 0 Å². The summed E-state index contributed by atoms with van der Waals surface area (Å²) in [6, 6.07) is -0.603. The molecule has 1 heterocycles. The van der Waals surface area contributed by atoms with Gasteiger partial charge in [-0.05, 0) is 4.99 Å². The van der Waals surface area contributed by atoms with Crippen LogP contribution in [0.25, 0.3) is 0 Å². The minimum atomic E-state index is -0.603. The maximum atomic E-state index is 10.9. The van der Waals surface area contributed by atoms with E-state index >= 15 is 0 Å². The molecule has 0 radical (unpaired) electrons. The highest BCUT2D eigenvalue weighted by molar-refractivity contribution is 9.11. The van der Waals surface area contributed by atoms with E-state index in [1.807, 2.05) is 0 Å². The van der Waals surface area contributed by atoms with Gasteiger partial charge in [0.2, 0.25) is 5.91 Å². The number of hydrogen-bond donors (Lipinski definition) is 1. The van der Waals surface area contributed by atoms with Gasteiger partial charge < -0.3 is 0 Å². The van der Waals surface area contributed by atoms with E-state index in [9.17, 15) is 9.59 Å². The van der Waals surface area contributed by atoms with Crippen LogP contribution in [0.5, 0.6) is 0 Å². The Morgan fingerprint density at radius 3 is 2.91 bits per heavy atom. The van der Waals surface area contributed by atoms with Crippen LogP contribution in [-0.4, -0.2) is 18.2 Å². The molecule has 11 heavy (non-hydrogen) atoms. The molecular formula is C6H5BrN2O2. The predicted octanol–water partition coefficient (Wildman–Crippen LogP) is 0.832. The second-order valence-corrected chi connectivity index (χ2v) is 2.45. The molecular weight excluding hydrogens is 212 g/mol. The van der Waals surface area contributed by atoms with E-state index in [1.165, 1.54) is 6.21 Å². The maximum absolute atomic E-state index is 10.9. The topological polar surface area (TPSA) is 58.5 Å². The van der Waals surface area contributed by atoms with Gasteiger partial charge >= 0.3 is 6.03 Å². The molecule has 0 bridgehead atoms. The Kier molecular flexibility index (Phi) is 2.53. The van der Waals surface area contributed by atoms with E-state index in [0.717, 1.165) is 0 Å². The van der Waals surface area contributed by atoms with Crippen molar-refractivity contribution in [1.29, 1.82) is 0 Å². The van der Waals surface area contributed by atoms with Gasteiger partial charge in [0.15, 0.2) is 0 Å². The third-order valence-electron chi connectivity index (χ3n) is 1.17. The van der Waals surface area contributed by atoms with Crippen molar-refractivity contribution < 1.29 is 9.59 Å².